The van der Waals surface area contributed by atoms with Crippen LogP contribution in [0.25, 0.3) is 0 Å². The van der Waals surface area contributed by atoms with Crippen LogP contribution in [0, 0.1) is 11.3 Å². The molecule has 0 bridgehead atoms. The van der Waals surface area contributed by atoms with Gasteiger partial charge in [0.1, 0.15) is 0 Å². The molecule has 1 aliphatic rings. The second-order valence-electron chi connectivity index (χ2n) is 4.19. The van der Waals surface area contributed by atoms with E-state index in [-0.39, 0.29) is 5.91 Å². The first-order valence-electron chi connectivity index (χ1n) is 4.29. The maximum atomic E-state index is 11.1. The molecule has 0 radical (unpaired) electrons. The number of rotatable bonds is 0. The van der Waals surface area contributed by atoms with E-state index in [2.05, 4.69) is 26.1 Å². The lowest BCUT2D eigenvalue weighted by atomic mass is 9.76. The van der Waals surface area contributed by atoms with Crippen LogP contribution >= 0.6 is 0 Å². The zero-order valence-corrected chi connectivity index (χ0v) is 7.61. The highest BCUT2D eigenvalue weighted by Gasteiger charge is 2.29. The number of nitrogens with one attached hydrogen (secondary N) is 1. The predicted octanol–water partition coefficient (Wildman–Crippen LogP) is 1.56. The summed E-state index contributed by atoms with van der Waals surface area (Å²) >= 11 is 0. The van der Waals surface area contributed by atoms with Crippen molar-refractivity contribution in [3.63, 3.8) is 0 Å². The average molecular weight is 155 g/mol. The first kappa shape index (κ1) is 8.57. The summed E-state index contributed by atoms with van der Waals surface area (Å²) in [4.78, 5) is 11.1. The number of hydrogen-bond donors (Lipinski definition) is 1. The normalized spacial score (nSPS) is 30.8. The van der Waals surface area contributed by atoms with Gasteiger partial charge in [0.05, 0.1) is 0 Å². The Hall–Kier alpha value is -0.530. The Bertz CT molecular complexity index is 163. The Balaban J connectivity index is 2.65. The van der Waals surface area contributed by atoms with Gasteiger partial charge < -0.3 is 5.32 Å². The van der Waals surface area contributed by atoms with Gasteiger partial charge in [-0.25, -0.2) is 0 Å². The van der Waals surface area contributed by atoms with Crippen molar-refractivity contribution >= 4 is 5.91 Å². The monoisotopic (exact) mass is 155 g/mol. The molecule has 1 unspecified atom stereocenters. The van der Waals surface area contributed by atoms with E-state index in [1.54, 1.807) is 0 Å². The SMILES string of the molecule is CC1CC(=O)NCCC1(C)C. The summed E-state index contributed by atoms with van der Waals surface area (Å²) in [6.45, 7) is 7.47. The molecule has 0 aromatic carbocycles. The average Bonchev–Trinajstić information content (AvgIpc) is 1.94. The van der Waals surface area contributed by atoms with Gasteiger partial charge in [-0.2, -0.15) is 0 Å². The quantitative estimate of drug-likeness (QED) is 0.565. The minimum atomic E-state index is 0.211. The molecule has 1 rings (SSSR count). The molecule has 1 fully saturated rings. The van der Waals surface area contributed by atoms with Gasteiger partial charge in [0.15, 0.2) is 0 Å². The molecule has 0 aliphatic carbocycles. The molecule has 0 spiro atoms. The molecular weight excluding hydrogens is 138 g/mol. The fourth-order valence-corrected chi connectivity index (χ4v) is 1.40. The number of amides is 1. The van der Waals surface area contributed by atoms with E-state index in [0.29, 0.717) is 17.8 Å². The maximum absolute atomic E-state index is 11.1. The summed E-state index contributed by atoms with van der Waals surface area (Å²) in [7, 11) is 0. The van der Waals surface area contributed by atoms with Crippen LogP contribution in [0.1, 0.15) is 33.6 Å². The fraction of sp³-hybridized carbons (Fsp3) is 0.889. The molecule has 0 saturated carbocycles. The van der Waals surface area contributed by atoms with Crippen molar-refractivity contribution in [3.05, 3.63) is 0 Å². The topological polar surface area (TPSA) is 29.1 Å². The minimum absolute atomic E-state index is 0.211. The zero-order valence-electron chi connectivity index (χ0n) is 7.61. The van der Waals surface area contributed by atoms with Gasteiger partial charge in [-0.05, 0) is 17.8 Å². The molecule has 1 aliphatic heterocycles. The summed E-state index contributed by atoms with van der Waals surface area (Å²) < 4.78 is 0. The van der Waals surface area contributed by atoms with Crippen molar-refractivity contribution in [2.45, 2.75) is 33.6 Å². The second kappa shape index (κ2) is 2.84. The summed E-state index contributed by atoms with van der Waals surface area (Å²) in [5.41, 5.74) is 0.319. The highest BCUT2D eigenvalue weighted by atomic mass is 16.1. The Labute approximate surface area is 68.4 Å². The van der Waals surface area contributed by atoms with Gasteiger partial charge in [-0.1, -0.05) is 20.8 Å². The van der Waals surface area contributed by atoms with Crippen molar-refractivity contribution in [1.29, 1.82) is 0 Å². The molecule has 64 valence electrons. The maximum Gasteiger partial charge on any atom is 0.220 e. The summed E-state index contributed by atoms with van der Waals surface area (Å²) in [5, 5.41) is 2.89. The summed E-state index contributed by atoms with van der Waals surface area (Å²) in [6.07, 6.45) is 1.78. The zero-order chi connectivity index (χ0) is 8.48. The molecule has 0 aromatic rings. The number of carbonyl (C=O) groups is 1. The van der Waals surface area contributed by atoms with Gasteiger partial charge >= 0.3 is 0 Å². The van der Waals surface area contributed by atoms with Crippen LogP contribution in [0.3, 0.4) is 0 Å². The lowest BCUT2D eigenvalue weighted by Crippen LogP contribution is -2.22. The Morgan fingerprint density at radius 3 is 2.82 bits per heavy atom. The van der Waals surface area contributed by atoms with Crippen LogP contribution in [-0.4, -0.2) is 12.5 Å². The van der Waals surface area contributed by atoms with E-state index in [0.717, 1.165) is 13.0 Å². The van der Waals surface area contributed by atoms with Crippen LogP contribution in [0.15, 0.2) is 0 Å². The third-order valence-electron chi connectivity index (χ3n) is 2.92. The first-order valence-corrected chi connectivity index (χ1v) is 4.29. The molecule has 2 heteroatoms. The third kappa shape index (κ3) is 1.95. The second-order valence-corrected chi connectivity index (χ2v) is 4.19. The first-order chi connectivity index (χ1) is 5.02. The Kier molecular flexibility index (Phi) is 2.21. The van der Waals surface area contributed by atoms with Crippen LogP contribution in [0.2, 0.25) is 0 Å². The number of hydrogen-bond acceptors (Lipinski definition) is 1. The highest BCUT2D eigenvalue weighted by molar-refractivity contribution is 5.76. The smallest absolute Gasteiger partial charge is 0.220 e. The van der Waals surface area contributed by atoms with Gasteiger partial charge in [-0.15, -0.1) is 0 Å². The minimum Gasteiger partial charge on any atom is -0.356 e. The molecule has 1 heterocycles. The van der Waals surface area contributed by atoms with E-state index in [1.807, 2.05) is 0 Å². The highest BCUT2D eigenvalue weighted by Crippen LogP contribution is 2.33. The third-order valence-corrected chi connectivity index (χ3v) is 2.92. The standard InChI is InChI=1S/C9H17NO/c1-7-6-8(11)10-5-4-9(7,2)3/h7H,4-6H2,1-3H3,(H,10,11). The van der Waals surface area contributed by atoms with E-state index >= 15 is 0 Å². The number of carbonyl (C=O) groups excluding carboxylic acids is 1. The Morgan fingerprint density at radius 2 is 2.18 bits per heavy atom. The van der Waals surface area contributed by atoms with Crippen LogP contribution < -0.4 is 5.32 Å². The lowest BCUT2D eigenvalue weighted by molar-refractivity contribution is -0.121. The summed E-state index contributed by atoms with van der Waals surface area (Å²) in [5.74, 6) is 0.716. The molecule has 2 nitrogen and oxygen atoms in total. The van der Waals surface area contributed by atoms with Gasteiger partial charge in [0.25, 0.3) is 0 Å². The van der Waals surface area contributed by atoms with Crippen LogP contribution in [-0.2, 0) is 4.79 Å². The van der Waals surface area contributed by atoms with Crippen molar-refractivity contribution in [2.75, 3.05) is 6.54 Å². The molecule has 0 aromatic heterocycles. The van der Waals surface area contributed by atoms with Crippen molar-refractivity contribution in [3.8, 4) is 0 Å². The molecule has 1 saturated heterocycles. The van der Waals surface area contributed by atoms with Crippen molar-refractivity contribution < 1.29 is 4.79 Å². The lowest BCUT2D eigenvalue weighted by Gasteiger charge is -2.28. The largest absolute Gasteiger partial charge is 0.356 e. The van der Waals surface area contributed by atoms with Crippen LogP contribution in [0.4, 0.5) is 0 Å². The van der Waals surface area contributed by atoms with Crippen molar-refractivity contribution in [1.82, 2.24) is 5.32 Å². The predicted molar refractivity (Wildman–Crippen MR) is 45.2 cm³/mol. The molecule has 1 atom stereocenters. The van der Waals surface area contributed by atoms with E-state index in [4.69, 9.17) is 0 Å². The van der Waals surface area contributed by atoms with E-state index in [9.17, 15) is 4.79 Å². The fourth-order valence-electron chi connectivity index (χ4n) is 1.40. The van der Waals surface area contributed by atoms with Gasteiger partial charge in [0.2, 0.25) is 5.91 Å². The van der Waals surface area contributed by atoms with Crippen LogP contribution in [0.5, 0.6) is 0 Å². The summed E-state index contributed by atoms with van der Waals surface area (Å²) in [6, 6.07) is 0. The Morgan fingerprint density at radius 1 is 1.55 bits per heavy atom. The van der Waals surface area contributed by atoms with Gasteiger partial charge in [-0.3, -0.25) is 4.79 Å². The molecule has 11 heavy (non-hydrogen) atoms. The molecular formula is C9H17NO. The van der Waals surface area contributed by atoms with Gasteiger partial charge in [0, 0.05) is 13.0 Å². The van der Waals surface area contributed by atoms with Crippen molar-refractivity contribution in [2.24, 2.45) is 11.3 Å². The molecule has 1 amide bonds. The molecule has 1 N–H and O–H groups in total. The van der Waals surface area contributed by atoms with E-state index in [1.165, 1.54) is 0 Å². The van der Waals surface area contributed by atoms with E-state index < -0.39 is 0 Å².